The van der Waals surface area contributed by atoms with Gasteiger partial charge in [0.1, 0.15) is 5.82 Å². The molecule has 1 aliphatic carbocycles. The molecule has 2 aliphatic rings. The van der Waals surface area contributed by atoms with Gasteiger partial charge in [-0.1, -0.05) is 32.0 Å². The molecule has 1 aliphatic heterocycles. The van der Waals surface area contributed by atoms with Crippen molar-refractivity contribution in [3.8, 4) is 0 Å². The zero-order valence-corrected chi connectivity index (χ0v) is 15.7. The number of para-hydroxylation sites is 1. The Hall–Kier alpha value is -1.97. The predicted molar refractivity (Wildman–Crippen MR) is 103 cm³/mol. The van der Waals surface area contributed by atoms with E-state index in [0.717, 1.165) is 38.6 Å². The summed E-state index contributed by atoms with van der Waals surface area (Å²) in [6.07, 6.45) is 2.73. The largest absolute Gasteiger partial charge is 0.354 e. The number of hydrogen-bond donors (Lipinski definition) is 0. The summed E-state index contributed by atoms with van der Waals surface area (Å²) in [6, 6.07) is 8.79. The third-order valence-corrected chi connectivity index (χ3v) is 5.71. The van der Waals surface area contributed by atoms with E-state index in [4.69, 9.17) is 0 Å². The minimum absolute atomic E-state index is 0.0922. The molecule has 1 aromatic carbocycles. The molecular formula is C21H29N3O. The van der Waals surface area contributed by atoms with Crippen molar-refractivity contribution in [3.63, 3.8) is 0 Å². The second kappa shape index (κ2) is 6.40. The Balaban J connectivity index is 1.63. The van der Waals surface area contributed by atoms with E-state index in [0.29, 0.717) is 0 Å². The number of rotatable bonds is 4. The Morgan fingerprint density at radius 1 is 1.12 bits per heavy atom. The maximum absolute atomic E-state index is 12.3. The standard InChI is InChI=1S/C21H29N3O/c1-15(2)21(25)23-12-10-22(11-13-23)20-16(3)18-6-4-5-7-19(18)24(20)14-17-8-9-17/h4-7,15,17H,8-14H2,1-3H3. The van der Waals surface area contributed by atoms with Crippen LogP contribution in [0.1, 0.15) is 32.3 Å². The Labute approximate surface area is 150 Å². The van der Waals surface area contributed by atoms with Gasteiger partial charge < -0.3 is 14.4 Å². The fraction of sp³-hybridized carbons (Fsp3) is 0.571. The third kappa shape index (κ3) is 3.03. The summed E-state index contributed by atoms with van der Waals surface area (Å²) in [4.78, 5) is 16.8. The summed E-state index contributed by atoms with van der Waals surface area (Å²) in [7, 11) is 0. The van der Waals surface area contributed by atoms with Gasteiger partial charge in [-0.3, -0.25) is 4.79 Å². The first kappa shape index (κ1) is 16.5. The van der Waals surface area contributed by atoms with Crippen LogP contribution in [0, 0.1) is 18.8 Å². The predicted octanol–water partition coefficient (Wildman–Crippen LogP) is 3.66. The molecule has 1 saturated carbocycles. The van der Waals surface area contributed by atoms with Gasteiger partial charge in [0.25, 0.3) is 0 Å². The molecule has 2 fully saturated rings. The van der Waals surface area contributed by atoms with E-state index in [9.17, 15) is 4.79 Å². The van der Waals surface area contributed by atoms with Crippen LogP contribution >= 0.6 is 0 Å². The first-order chi connectivity index (χ1) is 12.1. The molecule has 25 heavy (non-hydrogen) atoms. The third-order valence-electron chi connectivity index (χ3n) is 5.71. The lowest BCUT2D eigenvalue weighted by Crippen LogP contribution is -2.50. The van der Waals surface area contributed by atoms with Gasteiger partial charge in [0.05, 0.1) is 0 Å². The number of amides is 1. The van der Waals surface area contributed by atoms with Gasteiger partial charge in [-0.05, 0) is 37.3 Å². The summed E-state index contributed by atoms with van der Waals surface area (Å²) >= 11 is 0. The second-order valence-corrected chi connectivity index (χ2v) is 7.99. The molecule has 4 heteroatoms. The van der Waals surface area contributed by atoms with Crippen molar-refractivity contribution in [2.24, 2.45) is 11.8 Å². The fourth-order valence-corrected chi connectivity index (χ4v) is 4.12. The number of aromatic nitrogens is 1. The van der Waals surface area contributed by atoms with Gasteiger partial charge in [-0.15, -0.1) is 0 Å². The highest BCUT2D eigenvalue weighted by atomic mass is 16.2. The van der Waals surface area contributed by atoms with Crippen molar-refractivity contribution in [3.05, 3.63) is 29.8 Å². The first-order valence-corrected chi connectivity index (χ1v) is 9.68. The van der Waals surface area contributed by atoms with E-state index in [2.05, 4.69) is 40.7 Å². The Morgan fingerprint density at radius 3 is 2.44 bits per heavy atom. The van der Waals surface area contributed by atoms with E-state index in [-0.39, 0.29) is 11.8 Å². The number of fused-ring (bicyclic) bond motifs is 1. The zero-order chi connectivity index (χ0) is 17.6. The molecule has 2 heterocycles. The maximum Gasteiger partial charge on any atom is 0.225 e. The lowest BCUT2D eigenvalue weighted by Gasteiger charge is -2.37. The van der Waals surface area contributed by atoms with E-state index in [1.165, 1.54) is 35.1 Å². The minimum Gasteiger partial charge on any atom is -0.354 e. The van der Waals surface area contributed by atoms with Crippen LogP contribution in [0.5, 0.6) is 0 Å². The molecule has 4 nitrogen and oxygen atoms in total. The topological polar surface area (TPSA) is 28.5 Å². The van der Waals surface area contributed by atoms with Crippen LogP contribution < -0.4 is 4.90 Å². The number of hydrogen-bond acceptors (Lipinski definition) is 2. The van der Waals surface area contributed by atoms with Crippen LogP contribution in [0.3, 0.4) is 0 Å². The normalized spacial score (nSPS) is 18.4. The smallest absolute Gasteiger partial charge is 0.225 e. The number of carbonyl (C=O) groups excluding carboxylic acids is 1. The SMILES string of the molecule is Cc1c(N2CCN(C(=O)C(C)C)CC2)n(CC2CC2)c2ccccc12. The highest BCUT2D eigenvalue weighted by Gasteiger charge is 2.29. The molecule has 0 unspecified atom stereocenters. The average Bonchev–Trinajstić information content (AvgIpc) is 3.40. The molecule has 0 bridgehead atoms. The molecule has 1 aromatic heterocycles. The van der Waals surface area contributed by atoms with Crippen LogP contribution in [0.25, 0.3) is 10.9 Å². The van der Waals surface area contributed by atoms with E-state index >= 15 is 0 Å². The van der Waals surface area contributed by atoms with Crippen LogP contribution in [0.4, 0.5) is 5.82 Å². The summed E-state index contributed by atoms with van der Waals surface area (Å²) in [6.45, 7) is 10.9. The number of aryl methyl sites for hydroxylation is 1. The highest BCUT2D eigenvalue weighted by Crippen LogP contribution is 2.38. The van der Waals surface area contributed by atoms with Gasteiger partial charge in [0.2, 0.25) is 5.91 Å². The Bertz CT molecular complexity index is 780. The molecule has 0 N–H and O–H groups in total. The number of anilines is 1. The molecule has 0 radical (unpaired) electrons. The van der Waals surface area contributed by atoms with Gasteiger partial charge in [0.15, 0.2) is 0 Å². The summed E-state index contributed by atoms with van der Waals surface area (Å²) in [5.41, 5.74) is 2.75. The minimum atomic E-state index is 0.0922. The molecule has 4 rings (SSSR count). The van der Waals surface area contributed by atoms with Crippen LogP contribution in [-0.2, 0) is 11.3 Å². The number of piperazine rings is 1. The Morgan fingerprint density at radius 2 is 1.80 bits per heavy atom. The highest BCUT2D eigenvalue weighted by molar-refractivity contribution is 5.90. The monoisotopic (exact) mass is 339 g/mol. The van der Waals surface area contributed by atoms with Gasteiger partial charge >= 0.3 is 0 Å². The fourth-order valence-electron chi connectivity index (χ4n) is 4.12. The van der Waals surface area contributed by atoms with Crippen LogP contribution in [0.15, 0.2) is 24.3 Å². The van der Waals surface area contributed by atoms with Crippen molar-refractivity contribution in [2.45, 2.75) is 40.2 Å². The molecule has 134 valence electrons. The molecular weight excluding hydrogens is 310 g/mol. The van der Waals surface area contributed by atoms with E-state index in [1.54, 1.807) is 0 Å². The van der Waals surface area contributed by atoms with Gasteiger partial charge in [-0.2, -0.15) is 0 Å². The van der Waals surface area contributed by atoms with Crippen molar-refractivity contribution in [1.29, 1.82) is 0 Å². The summed E-state index contributed by atoms with van der Waals surface area (Å²) < 4.78 is 2.54. The van der Waals surface area contributed by atoms with Crippen LogP contribution in [-0.4, -0.2) is 41.6 Å². The number of benzene rings is 1. The first-order valence-electron chi connectivity index (χ1n) is 9.68. The lowest BCUT2D eigenvalue weighted by molar-refractivity contribution is -0.134. The molecule has 1 saturated heterocycles. The quantitative estimate of drug-likeness (QED) is 0.850. The molecule has 0 atom stereocenters. The molecule has 2 aromatic rings. The summed E-state index contributed by atoms with van der Waals surface area (Å²) in [5, 5.41) is 1.37. The molecule has 1 amide bonds. The maximum atomic E-state index is 12.3. The number of nitrogens with zero attached hydrogens (tertiary/aromatic N) is 3. The van der Waals surface area contributed by atoms with Crippen LogP contribution in [0.2, 0.25) is 0 Å². The summed E-state index contributed by atoms with van der Waals surface area (Å²) in [5.74, 6) is 2.60. The zero-order valence-electron chi connectivity index (χ0n) is 15.7. The lowest BCUT2D eigenvalue weighted by atomic mass is 10.1. The van der Waals surface area contributed by atoms with Crippen molar-refractivity contribution < 1.29 is 4.79 Å². The molecule has 0 spiro atoms. The Kier molecular flexibility index (Phi) is 4.22. The second-order valence-electron chi connectivity index (χ2n) is 7.99. The van der Waals surface area contributed by atoms with E-state index in [1.807, 2.05) is 18.7 Å². The average molecular weight is 339 g/mol. The number of carbonyl (C=O) groups is 1. The van der Waals surface area contributed by atoms with Gasteiger partial charge in [0, 0.05) is 49.5 Å². The van der Waals surface area contributed by atoms with Crippen molar-refractivity contribution in [1.82, 2.24) is 9.47 Å². The van der Waals surface area contributed by atoms with E-state index < -0.39 is 0 Å². The van der Waals surface area contributed by atoms with Crippen molar-refractivity contribution >= 4 is 22.6 Å². The van der Waals surface area contributed by atoms with Gasteiger partial charge in [-0.25, -0.2) is 0 Å². The van der Waals surface area contributed by atoms with Crippen molar-refractivity contribution in [2.75, 3.05) is 31.1 Å².